The molecule has 0 aliphatic carbocycles. The molecule has 2 aromatic rings. The van der Waals surface area contributed by atoms with Crippen molar-refractivity contribution < 1.29 is 22.7 Å². The Morgan fingerprint density at radius 1 is 1.22 bits per heavy atom. The van der Waals surface area contributed by atoms with Gasteiger partial charge in [0.1, 0.15) is 5.75 Å². The van der Waals surface area contributed by atoms with E-state index in [2.05, 4.69) is 4.98 Å². The molecule has 0 unspecified atom stereocenters. The number of hydrogen-bond donors (Lipinski definition) is 0. The van der Waals surface area contributed by atoms with E-state index >= 15 is 0 Å². The van der Waals surface area contributed by atoms with Gasteiger partial charge in [-0.25, -0.2) is 0 Å². The molecule has 1 amide bonds. The van der Waals surface area contributed by atoms with Crippen molar-refractivity contribution in [3.8, 4) is 5.75 Å². The third-order valence-corrected chi connectivity index (χ3v) is 3.60. The first kappa shape index (κ1) is 15.3. The van der Waals surface area contributed by atoms with E-state index in [9.17, 15) is 18.0 Å². The molecule has 4 nitrogen and oxygen atoms in total. The molecule has 0 N–H and O–H groups in total. The first-order chi connectivity index (χ1) is 10.9. The number of nitrogens with zero attached hydrogens (tertiary/aromatic N) is 2. The van der Waals surface area contributed by atoms with Crippen LogP contribution in [0.15, 0.2) is 42.7 Å². The fraction of sp³-hybridized carbons (Fsp3) is 0.250. The average Bonchev–Trinajstić information content (AvgIpc) is 2.96. The number of amides is 1. The zero-order valence-electron chi connectivity index (χ0n) is 12.0. The summed E-state index contributed by atoms with van der Waals surface area (Å²) in [7, 11) is 0. The Balaban J connectivity index is 1.60. The van der Waals surface area contributed by atoms with Crippen molar-refractivity contribution in [2.45, 2.75) is 19.3 Å². The molecule has 0 atom stereocenters. The van der Waals surface area contributed by atoms with Gasteiger partial charge in [0, 0.05) is 25.5 Å². The van der Waals surface area contributed by atoms with E-state index in [1.807, 2.05) is 6.07 Å². The molecule has 3 rings (SSSR count). The van der Waals surface area contributed by atoms with Crippen LogP contribution in [0.1, 0.15) is 16.7 Å². The lowest BCUT2D eigenvalue weighted by molar-refractivity contribution is -0.137. The largest absolute Gasteiger partial charge is 0.484 e. The number of aromatic nitrogens is 1. The summed E-state index contributed by atoms with van der Waals surface area (Å²) in [4.78, 5) is 17.7. The number of carbonyl (C=O) groups is 1. The number of pyridine rings is 1. The summed E-state index contributed by atoms with van der Waals surface area (Å²) in [6, 6.07) is 6.33. The summed E-state index contributed by atoms with van der Waals surface area (Å²) in [6.45, 7) is 0.597. The molecule has 2 heterocycles. The molecule has 7 heteroatoms. The minimum Gasteiger partial charge on any atom is -0.484 e. The van der Waals surface area contributed by atoms with Crippen LogP contribution in [0, 0.1) is 0 Å². The van der Waals surface area contributed by atoms with Gasteiger partial charge in [0.2, 0.25) is 0 Å². The Morgan fingerprint density at radius 3 is 2.74 bits per heavy atom. The lowest BCUT2D eigenvalue weighted by Gasteiger charge is -2.16. The molecule has 1 aromatic carbocycles. The summed E-state index contributed by atoms with van der Waals surface area (Å²) in [5.74, 6) is -0.259. The van der Waals surface area contributed by atoms with Crippen LogP contribution >= 0.6 is 0 Å². The van der Waals surface area contributed by atoms with Gasteiger partial charge in [-0.15, -0.1) is 0 Å². The molecule has 23 heavy (non-hydrogen) atoms. The van der Waals surface area contributed by atoms with E-state index in [4.69, 9.17) is 4.74 Å². The minimum atomic E-state index is -4.44. The van der Waals surface area contributed by atoms with E-state index in [0.717, 1.165) is 23.3 Å². The second-order valence-electron chi connectivity index (χ2n) is 5.21. The Bertz CT molecular complexity index is 706. The number of ether oxygens (including phenoxy) is 1. The summed E-state index contributed by atoms with van der Waals surface area (Å²) in [5, 5.41) is 0. The van der Waals surface area contributed by atoms with Crippen LogP contribution in [-0.2, 0) is 24.1 Å². The third-order valence-electron chi connectivity index (χ3n) is 3.60. The Labute approximate surface area is 130 Å². The van der Waals surface area contributed by atoms with Gasteiger partial charge in [-0.1, -0.05) is 6.07 Å². The number of alkyl halides is 3. The zero-order chi connectivity index (χ0) is 16.4. The van der Waals surface area contributed by atoms with E-state index in [0.29, 0.717) is 13.1 Å². The van der Waals surface area contributed by atoms with Crippen LogP contribution < -0.4 is 4.74 Å². The van der Waals surface area contributed by atoms with Gasteiger partial charge in [-0.3, -0.25) is 9.78 Å². The van der Waals surface area contributed by atoms with Crippen molar-refractivity contribution in [1.82, 2.24) is 9.88 Å². The topological polar surface area (TPSA) is 42.4 Å². The number of fused-ring (bicyclic) bond motifs is 1. The maximum absolute atomic E-state index is 12.6. The van der Waals surface area contributed by atoms with E-state index < -0.39 is 11.7 Å². The fourth-order valence-corrected chi connectivity index (χ4v) is 2.39. The number of carbonyl (C=O) groups excluding carboxylic acids is 1. The number of rotatable bonds is 3. The van der Waals surface area contributed by atoms with Crippen molar-refractivity contribution in [3.63, 3.8) is 0 Å². The molecule has 0 spiro atoms. The third kappa shape index (κ3) is 3.44. The SMILES string of the molecule is O=C(COc1cccc(C(F)(F)F)c1)N1Cc2ccncc2C1. The highest BCUT2D eigenvalue weighted by Gasteiger charge is 2.30. The molecular formula is C16H13F3N2O2. The maximum atomic E-state index is 12.6. The normalized spacial score (nSPS) is 13.8. The van der Waals surface area contributed by atoms with Crippen LogP contribution in [0.5, 0.6) is 5.75 Å². The maximum Gasteiger partial charge on any atom is 0.416 e. The van der Waals surface area contributed by atoms with Crippen LogP contribution in [0.3, 0.4) is 0 Å². The molecule has 1 aromatic heterocycles. The van der Waals surface area contributed by atoms with Gasteiger partial charge in [0.15, 0.2) is 6.61 Å². The number of hydrogen-bond acceptors (Lipinski definition) is 3. The Hall–Kier alpha value is -2.57. The fourth-order valence-electron chi connectivity index (χ4n) is 2.39. The monoisotopic (exact) mass is 322 g/mol. The highest BCUT2D eigenvalue weighted by Crippen LogP contribution is 2.31. The minimum absolute atomic E-state index is 0.0200. The highest BCUT2D eigenvalue weighted by atomic mass is 19.4. The summed E-state index contributed by atoms with van der Waals surface area (Å²) >= 11 is 0. The average molecular weight is 322 g/mol. The van der Waals surface area contributed by atoms with Crippen molar-refractivity contribution >= 4 is 5.91 Å². The summed E-state index contributed by atoms with van der Waals surface area (Å²) in [6.07, 6.45) is -1.07. The van der Waals surface area contributed by atoms with E-state index in [1.54, 1.807) is 17.3 Å². The molecule has 0 saturated carbocycles. The lowest BCUT2D eigenvalue weighted by atomic mass is 10.2. The molecule has 0 bridgehead atoms. The van der Waals surface area contributed by atoms with Gasteiger partial charge in [-0.2, -0.15) is 13.2 Å². The summed E-state index contributed by atoms with van der Waals surface area (Å²) < 4.78 is 43.1. The van der Waals surface area contributed by atoms with Crippen molar-refractivity contribution in [2.24, 2.45) is 0 Å². The predicted molar refractivity (Wildman–Crippen MR) is 75.4 cm³/mol. The summed E-state index contributed by atoms with van der Waals surface area (Å²) in [5.41, 5.74) is 1.19. The predicted octanol–water partition coefficient (Wildman–Crippen LogP) is 3.02. The Kier molecular flexibility index (Phi) is 3.94. The number of benzene rings is 1. The molecule has 1 aliphatic rings. The molecule has 120 valence electrons. The van der Waals surface area contributed by atoms with Crippen LogP contribution in [0.2, 0.25) is 0 Å². The Morgan fingerprint density at radius 2 is 2.00 bits per heavy atom. The molecule has 0 radical (unpaired) electrons. The van der Waals surface area contributed by atoms with Gasteiger partial charge in [0.25, 0.3) is 5.91 Å². The van der Waals surface area contributed by atoms with Gasteiger partial charge >= 0.3 is 6.18 Å². The van der Waals surface area contributed by atoms with Crippen molar-refractivity contribution in [1.29, 1.82) is 0 Å². The number of halogens is 3. The second kappa shape index (κ2) is 5.91. The van der Waals surface area contributed by atoms with Gasteiger partial charge in [-0.05, 0) is 35.4 Å². The second-order valence-corrected chi connectivity index (χ2v) is 5.21. The first-order valence-corrected chi connectivity index (χ1v) is 6.93. The van der Waals surface area contributed by atoms with Crippen LogP contribution in [0.25, 0.3) is 0 Å². The lowest BCUT2D eigenvalue weighted by Crippen LogP contribution is -2.30. The van der Waals surface area contributed by atoms with Crippen LogP contribution in [-0.4, -0.2) is 22.4 Å². The van der Waals surface area contributed by atoms with Crippen LogP contribution in [0.4, 0.5) is 13.2 Å². The zero-order valence-corrected chi connectivity index (χ0v) is 12.0. The molecule has 1 aliphatic heterocycles. The van der Waals surface area contributed by atoms with Crippen molar-refractivity contribution in [2.75, 3.05) is 6.61 Å². The quantitative estimate of drug-likeness (QED) is 0.872. The standard InChI is InChI=1S/C16H13F3N2O2/c17-16(18,19)13-2-1-3-14(6-13)23-10-15(22)21-8-11-4-5-20-7-12(11)9-21/h1-7H,8-10H2. The van der Waals surface area contributed by atoms with Gasteiger partial charge < -0.3 is 9.64 Å². The smallest absolute Gasteiger partial charge is 0.416 e. The van der Waals surface area contributed by atoms with Gasteiger partial charge in [0.05, 0.1) is 5.56 Å². The van der Waals surface area contributed by atoms with E-state index in [1.165, 1.54) is 12.1 Å². The molecule has 0 saturated heterocycles. The van der Waals surface area contributed by atoms with Crippen molar-refractivity contribution in [3.05, 3.63) is 59.4 Å². The molecule has 0 fully saturated rings. The molecular weight excluding hydrogens is 309 g/mol. The first-order valence-electron chi connectivity index (χ1n) is 6.93. The highest BCUT2D eigenvalue weighted by molar-refractivity contribution is 5.78. The van der Waals surface area contributed by atoms with E-state index in [-0.39, 0.29) is 18.3 Å².